The first-order valence-electron chi connectivity index (χ1n) is 9.67. The molecule has 148 valence electrons. The summed E-state index contributed by atoms with van der Waals surface area (Å²) in [5, 5.41) is 19.6. The number of nitrogens with zero attached hydrogens (tertiary/aromatic N) is 2. The van der Waals surface area contributed by atoms with Crippen LogP contribution in [0.4, 0.5) is 0 Å². The van der Waals surface area contributed by atoms with Gasteiger partial charge in [0, 0.05) is 0 Å². The van der Waals surface area contributed by atoms with E-state index in [9.17, 15) is 5.11 Å². The first kappa shape index (κ1) is 19.0. The van der Waals surface area contributed by atoms with E-state index in [0.717, 1.165) is 27.9 Å². The van der Waals surface area contributed by atoms with Crippen molar-refractivity contribution >= 4 is 11.0 Å². The number of hydrogen-bond acceptors (Lipinski definition) is 3. The third-order valence-electron chi connectivity index (χ3n) is 5.29. The van der Waals surface area contributed by atoms with Crippen LogP contribution in [0.25, 0.3) is 11.0 Å². The van der Waals surface area contributed by atoms with E-state index < -0.39 is 6.10 Å². The van der Waals surface area contributed by atoms with Crippen molar-refractivity contribution in [2.24, 2.45) is 0 Å². The van der Waals surface area contributed by atoms with Crippen LogP contribution in [0.15, 0.2) is 72.8 Å². The Morgan fingerprint density at radius 2 is 1.52 bits per heavy atom. The van der Waals surface area contributed by atoms with Crippen LogP contribution in [0, 0.1) is 12.3 Å². The van der Waals surface area contributed by atoms with Crippen LogP contribution in [-0.2, 0) is 13.1 Å². The number of aliphatic hydroxyl groups is 1. The SMILES string of the molecule is COc1ccc(C(O)Cn2c(=N)n(Cc3ccc(C)cc3)c3ccccc32)cc1. The zero-order valence-electron chi connectivity index (χ0n) is 16.7. The second-order valence-electron chi connectivity index (χ2n) is 7.28. The Morgan fingerprint density at radius 1 is 0.897 bits per heavy atom. The largest absolute Gasteiger partial charge is 0.497 e. The summed E-state index contributed by atoms with van der Waals surface area (Å²) < 4.78 is 9.05. The lowest BCUT2D eigenvalue weighted by Crippen LogP contribution is -2.27. The first-order valence-corrected chi connectivity index (χ1v) is 9.67. The number of nitrogens with one attached hydrogen (secondary N) is 1. The van der Waals surface area contributed by atoms with Gasteiger partial charge in [-0.2, -0.15) is 0 Å². The minimum atomic E-state index is -0.714. The Labute approximate surface area is 169 Å². The third kappa shape index (κ3) is 3.82. The lowest BCUT2D eigenvalue weighted by molar-refractivity contribution is 0.155. The highest BCUT2D eigenvalue weighted by molar-refractivity contribution is 5.76. The van der Waals surface area contributed by atoms with E-state index in [1.807, 2.05) is 57.7 Å². The molecule has 1 unspecified atom stereocenters. The zero-order chi connectivity index (χ0) is 20.4. The number of ether oxygens (including phenoxy) is 1. The number of aryl methyl sites for hydroxylation is 1. The molecule has 4 rings (SSSR count). The van der Waals surface area contributed by atoms with Gasteiger partial charge in [-0.3, -0.25) is 5.41 Å². The number of rotatable bonds is 6. The topological polar surface area (TPSA) is 63.2 Å². The van der Waals surface area contributed by atoms with Gasteiger partial charge in [-0.25, -0.2) is 0 Å². The quantitative estimate of drug-likeness (QED) is 0.525. The number of fused-ring (bicyclic) bond motifs is 1. The average molecular weight is 387 g/mol. The second-order valence-corrected chi connectivity index (χ2v) is 7.28. The third-order valence-corrected chi connectivity index (χ3v) is 5.29. The van der Waals surface area contributed by atoms with Crippen LogP contribution in [0.1, 0.15) is 22.8 Å². The van der Waals surface area contributed by atoms with Crippen molar-refractivity contribution in [1.29, 1.82) is 5.41 Å². The minimum Gasteiger partial charge on any atom is -0.497 e. The summed E-state index contributed by atoms with van der Waals surface area (Å²) in [4.78, 5) is 0. The summed E-state index contributed by atoms with van der Waals surface area (Å²) in [7, 11) is 1.62. The van der Waals surface area contributed by atoms with Crippen molar-refractivity contribution in [3.63, 3.8) is 0 Å². The Morgan fingerprint density at radius 3 is 2.14 bits per heavy atom. The molecule has 0 fully saturated rings. The van der Waals surface area contributed by atoms with Crippen LogP contribution in [-0.4, -0.2) is 21.4 Å². The number of para-hydroxylation sites is 2. The number of aliphatic hydroxyl groups excluding tert-OH is 1. The molecule has 1 atom stereocenters. The van der Waals surface area contributed by atoms with Gasteiger partial charge in [-0.05, 0) is 42.3 Å². The smallest absolute Gasteiger partial charge is 0.203 e. The van der Waals surface area contributed by atoms with Gasteiger partial charge in [0.25, 0.3) is 0 Å². The standard InChI is InChI=1S/C24H25N3O2/c1-17-7-9-18(10-8-17)15-26-21-5-3-4-6-22(21)27(24(26)25)16-23(28)19-11-13-20(29-2)14-12-19/h3-14,23,25,28H,15-16H2,1-2H3. The first-order chi connectivity index (χ1) is 14.1. The lowest BCUT2D eigenvalue weighted by atomic mass is 10.1. The van der Waals surface area contributed by atoms with Gasteiger partial charge in [0.05, 0.1) is 37.3 Å². The highest BCUT2D eigenvalue weighted by atomic mass is 16.5. The maximum absolute atomic E-state index is 10.8. The maximum Gasteiger partial charge on any atom is 0.203 e. The molecule has 0 amide bonds. The number of benzene rings is 3. The molecule has 29 heavy (non-hydrogen) atoms. The molecule has 5 nitrogen and oxygen atoms in total. The molecule has 2 N–H and O–H groups in total. The fraction of sp³-hybridized carbons (Fsp3) is 0.208. The Bertz CT molecular complexity index is 1170. The van der Waals surface area contributed by atoms with Gasteiger partial charge < -0.3 is 19.0 Å². The average Bonchev–Trinajstić information content (AvgIpc) is 3.01. The molecule has 0 saturated heterocycles. The molecule has 0 bridgehead atoms. The predicted molar refractivity (Wildman–Crippen MR) is 114 cm³/mol. The fourth-order valence-electron chi connectivity index (χ4n) is 3.62. The van der Waals surface area contributed by atoms with Gasteiger partial charge in [-0.15, -0.1) is 0 Å². The summed E-state index contributed by atoms with van der Waals surface area (Å²) in [5.74, 6) is 0.754. The number of methoxy groups -OCH3 is 1. The van der Waals surface area contributed by atoms with E-state index in [0.29, 0.717) is 18.7 Å². The Hall–Kier alpha value is -3.31. The van der Waals surface area contributed by atoms with Crippen LogP contribution in [0.3, 0.4) is 0 Å². The summed E-state index contributed by atoms with van der Waals surface area (Å²) in [6.45, 7) is 3.00. The molecular formula is C24H25N3O2. The molecule has 0 saturated carbocycles. The minimum absolute atomic E-state index is 0.312. The van der Waals surface area contributed by atoms with Gasteiger partial charge in [0.15, 0.2) is 0 Å². The molecular weight excluding hydrogens is 362 g/mol. The van der Waals surface area contributed by atoms with E-state index in [2.05, 4.69) is 31.2 Å². The molecule has 0 aliphatic rings. The summed E-state index contributed by atoms with van der Waals surface area (Å²) in [6.07, 6.45) is -0.714. The van der Waals surface area contributed by atoms with Gasteiger partial charge >= 0.3 is 0 Å². The molecule has 3 aromatic carbocycles. The van der Waals surface area contributed by atoms with Crippen LogP contribution in [0.2, 0.25) is 0 Å². The molecule has 0 aliphatic carbocycles. The van der Waals surface area contributed by atoms with Crippen molar-refractivity contribution in [1.82, 2.24) is 9.13 Å². The van der Waals surface area contributed by atoms with E-state index in [-0.39, 0.29) is 0 Å². The van der Waals surface area contributed by atoms with Gasteiger partial charge in [0.1, 0.15) is 5.75 Å². The molecule has 4 aromatic rings. The van der Waals surface area contributed by atoms with E-state index in [1.54, 1.807) is 7.11 Å². The normalized spacial score (nSPS) is 12.2. The predicted octanol–water partition coefficient (Wildman–Crippen LogP) is 4.02. The van der Waals surface area contributed by atoms with E-state index in [1.165, 1.54) is 5.56 Å². The second kappa shape index (κ2) is 7.97. The van der Waals surface area contributed by atoms with Crippen molar-refractivity contribution in [3.05, 3.63) is 95.1 Å². The number of hydrogen-bond donors (Lipinski definition) is 2. The van der Waals surface area contributed by atoms with Crippen LogP contribution < -0.4 is 10.4 Å². The number of aromatic nitrogens is 2. The van der Waals surface area contributed by atoms with Crippen molar-refractivity contribution in [2.45, 2.75) is 26.1 Å². The molecule has 1 heterocycles. The monoisotopic (exact) mass is 387 g/mol. The summed E-state index contributed by atoms with van der Waals surface area (Å²) >= 11 is 0. The molecule has 0 radical (unpaired) electrons. The highest BCUT2D eigenvalue weighted by Gasteiger charge is 2.15. The van der Waals surface area contributed by atoms with E-state index >= 15 is 0 Å². The molecule has 0 aliphatic heterocycles. The maximum atomic E-state index is 10.8. The molecule has 5 heteroatoms. The van der Waals surface area contributed by atoms with Crippen LogP contribution in [0.5, 0.6) is 5.75 Å². The van der Waals surface area contributed by atoms with E-state index in [4.69, 9.17) is 10.1 Å². The zero-order valence-corrected chi connectivity index (χ0v) is 16.7. The molecule has 0 spiro atoms. The fourth-order valence-corrected chi connectivity index (χ4v) is 3.62. The van der Waals surface area contributed by atoms with Crippen molar-refractivity contribution in [2.75, 3.05) is 7.11 Å². The lowest BCUT2D eigenvalue weighted by Gasteiger charge is -2.13. The summed E-state index contributed by atoms with van der Waals surface area (Å²) in [5.41, 5.74) is 5.46. The van der Waals surface area contributed by atoms with Crippen LogP contribution >= 0.6 is 0 Å². The van der Waals surface area contributed by atoms with Crippen molar-refractivity contribution in [3.8, 4) is 5.75 Å². The molecule has 1 aromatic heterocycles. The highest BCUT2D eigenvalue weighted by Crippen LogP contribution is 2.21. The van der Waals surface area contributed by atoms with Gasteiger partial charge in [-0.1, -0.05) is 54.1 Å². The van der Waals surface area contributed by atoms with Gasteiger partial charge in [0.2, 0.25) is 5.62 Å². The Kier molecular flexibility index (Phi) is 5.23. The van der Waals surface area contributed by atoms with Crippen molar-refractivity contribution < 1.29 is 9.84 Å². The Balaban J connectivity index is 1.69. The number of imidazole rings is 1. The summed E-state index contributed by atoms with van der Waals surface area (Å²) in [6, 6.07) is 23.7.